The molecular formula is C21H20FN3O5. The summed E-state index contributed by atoms with van der Waals surface area (Å²) in [7, 11) is 3.02. The highest BCUT2D eigenvalue weighted by molar-refractivity contribution is 6.16. The molecule has 0 saturated carbocycles. The van der Waals surface area contributed by atoms with E-state index in [1.807, 2.05) is 0 Å². The Balaban J connectivity index is 1.79. The first-order valence-electron chi connectivity index (χ1n) is 8.96. The Kier molecular flexibility index (Phi) is 6.01. The van der Waals surface area contributed by atoms with E-state index in [1.165, 1.54) is 38.5 Å². The van der Waals surface area contributed by atoms with Crippen molar-refractivity contribution in [3.8, 4) is 11.5 Å². The molecule has 156 valence electrons. The minimum Gasteiger partial charge on any atom is -0.496 e. The van der Waals surface area contributed by atoms with Crippen LogP contribution in [0.25, 0.3) is 6.08 Å². The Morgan fingerprint density at radius 3 is 2.57 bits per heavy atom. The van der Waals surface area contributed by atoms with Crippen molar-refractivity contribution < 1.29 is 28.2 Å². The van der Waals surface area contributed by atoms with E-state index in [0.717, 1.165) is 10.5 Å². The summed E-state index contributed by atoms with van der Waals surface area (Å²) in [6, 6.07) is 8.25. The highest BCUT2D eigenvalue weighted by atomic mass is 19.1. The fourth-order valence-electron chi connectivity index (χ4n) is 3.07. The molecule has 0 aliphatic carbocycles. The van der Waals surface area contributed by atoms with Gasteiger partial charge in [0.15, 0.2) is 0 Å². The molecule has 0 unspecified atom stereocenters. The fourth-order valence-corrected chi connectivity index (χ4v) is 3.07. The van der Waals surface area contributed by atoms with Gasteiger partial charge in [-0.15, -0.1) is 0 Å². The molecule has 1 aliphatic rings. The summed E-state index contributed by atoms with van der Waals surface area (Å²) in [5, 5.41) is 4.78. The summed E-state index contributed by atoms with van der Waals surface area (Å²) in [6.45, 7) is 1.24. The molecule has 9 heteroatoms. The molecule has 30 heavy (non-hydrogen) atoms. The monoisotopic (exact) mass is 413 g/mol. The summed E-state index contributed by atoms with van der Waals surface area (Å²) in [5.41, 5.74) is 1.23. The summed E-state index contributed by atoms with van der Waals surface area (Å²) in [6.07, 6.45) is 1.46. The van der Waals surface area contributed by atoms with Crippen LogP contribution < -0.4 is 20.1 Å². The number of urea groups is 1. The third-order valence-electron chi connectivity index (χ3n) is 4.52. The van der Waals surface area contributed by atoms with Gasteiger partial charge in [0.2, 0.25) is 5.91 Å². The van der Waals surface area contributed by atoms with E-state index in [4.69, 9.17) is 9.47 Å². The molecule has 3 rings (SSSR count). The number of methoxy groups -OCH3 is 2. The molecule has 0 bridgehead atoms. The highest BCUT2D eigenvalue weighted by Crippen LogP contribution is 2.33. The molecule has 1 heterocycles. The Labute approximate surface area is 172 Å². The van der Waals surface area contributed by atoms with Gasteiger partial charge in [-0.3, -0.25) is 9.59 Å². The lowest BCUT2D eigenvalue weighted by atomic mass is 10.1. The van der Waals surface area contributed by atoms with Crippen molar-refractivity contribution >= 4 is 29.6 Å². The average molecular weight is 413 g/mol. The second-order valence-electron chi connectivity index (χ2n) is 6.42. The Morgan fingerprint density at radius 1 is 1.17 bits per heavy atom. The van der Waals surface area contributed by atoms with Gasteiger partial charge in [0.25, 0.3) is 5.91 Å². The third kappa shape index (κ3) is 4.09. The van der Waals surface area contributed by atoms with Gasteiger partial charge in [-0.05, 0) is 37.3 Å². The fraction of sp³-hybridized carbons (Fsp3) is 0.190. The van der Waals surface area contributed by atoms with Crippen LogP contribution in [0, 0.1) is 12.7 Å². The molecular weight excluding hydrogens is 393 g/mol. The van der Waals surface area contributed by atoms with Crippen LogP contribution in [0.1, 0.15) is 11.1 Å². The van der Waals surface area contributed by atoms with Crippen molar-refractivity contribution in [2.75, 3.05) is 26.1 Å². The minimum absolute atomic E-state index is 0.0124. The van der Waals surface area contributed by atoms with E-state index in [2.05, 4.69) is 10.6 Å². The van der Waals surface area contributed by atoms with Gasteiger partial charge in [-0.25, -0.2) is 14.1 Å². The standard InChI is InChI=1S/C21H20FN3O5/c1-12-17(29-2)9-8-13(19(12)30-3)10-16-20(27)25(21(28)24-16)11-18(26)23-15-7-5-4-6-14(15)22/h4-10H,11H2,1-3H3,(H,23,26)(H,24,28)/b16-10+. The molecule has 0 aromatic heterocycles. The molecule has 4 amide bonds. The lowest BCUT2D eigenvalue weighted by Gasteiger charge is -2.13. The summed E-state index contributed by atoms with van der Waals surface area (Å²) in [4.78, 5) is 37.8. The van der Waals surface area contributed by atoms with Gasteiger partial charge in [0, 0.05) is 11.1 Å². The number of anilines is 1. The number of ether oxygens (including phenoxy) is 2. The van der Waals surface area contributed by atoms with E-state index in [9.17, 15) is 18.8 Å². The van der Waals surface area contributed by atoms with Gasteiger partial charge in [-0.2, -0.15) is 0 Å². The Bertz CT molecular complexity index is 1050. The van der Waals surface area contributed by atoms with Crippen LogP contribution >= 0.6 is 0 Å². The van der Waals surface area contributed by atoms with E-state index >= 15 is 0 Å². The molecule has 8 nitrogen and oxygen atoms in total. The van der Waals surface area contributed by atoms with E-state index in [0.29, 0.717) is 17.1 Å². The molecule has 0 radical (unpaired) electrons. The van der Waals surface area contributed by atoms with Crippen molar-refractivity contribution in [1.82, 2.24) is 10.2 Å². The largest absolute Gasteiger partial charge is 0.496 e. The Hall–Kier alpha value is -3.88. The highest BCUT2D eigenvalue weighted by Gasteiger charge is 2.35. The number of imide groups is 1. The van der Waals surface area contributed by atoms with Gasteiger partial charge >= 0.3 is 6.03 Å². The first-order valence-corrected chi connectivity index (χ1v) is 8.96. The maximum Gasteiger partial charge on any atom is 0.329 e. The average Bonchev–Trinajstić information content (AvgIpc) is 2.97. The molecule has 2 aromatic carbocycles. The number of nitrogens with zero attached hydrogens (tertiary/aromatic N) is 1. The minimum atomic E-state index is -0.751. The number of rotatable bonds is 6. The number of nitrogens with one attached hydrogen (secondary N) is 2. The predicted molar refractivity (Wildman–Crippen MR) is 108 cm³/mol. The molecule has 1 aliphatic heterocycles. The molecule has 2 aromatic rings. The van der Waals surface area contributed by atoms with E-state index < -0.39 is 30.2 Å². The smallest absolute Gasteiger partial charge is 0.329 e. The zero-order chi connectivity index (χ0) is 21.8. The third-order valence-corrected chi connectivity index (χ3v) is 4.52. The van der Waals surface area contributed by atoms with Gasteiger partial charge in [0.05, 0.1) is 19.9 Å². The SMILES string of the molecule is COc1ccc(/C=C2/NC(=O)N(CC(=O)Nc3ccccc3F)C2=O)c(OC)c1C. The molecule has 0 spiro atoms. The van der Waals surface area contributed by atoms with Crippen LogP contribution in [0.5, 0.6) is 11.5 Å². The first kappa shape index (κ1) is 20.8. The van der Waals surface area contributed by atoms with Crippen LogP contribution in [0.3, 0.4) is 0 Å². The van der Waals surface area contributed by atoms with Crippen LogP contribution in [0.15, 0.2) is 42.1 Å². The summed E-state index contributed by atoms with van der Waals surface area (Å²) >= 11 is 0. The first-order chi connectivity index (χ1) is 14.3. The lowest BCUT2D eigenvalue weighted by molar-refractivity contribution is -0.127. The second-order valence-corrected chi connectivity index (χ2v) is 6.42. The van der Waals surface area contributed by atoms with Crippen LogP contribution in [0.4, 0.5) is 14.9 Å². The molecule has 2 N–H and O–H groups in total. The van der Waals surface area contributed by atoms with Gasteiger partial charge < -0.3 is 20.1 Å². The Morgan fingerprint density at radius 2 is 1.90 bits per heavy atom. The number of para-hydroxylation sites is 1. The quantitative estimate of drug-likeness (QED) is 0.561. The maximum atomic E-state index is 13.7. The van der Waals surface area contributed by atoms with E-state index in [-0.39, 0.29) is 11.4 Å². The molecule has 0 atom stereocenters. The van der Waals surface area contributed by atoms with Crippen molar-refractivity contribution in [3.63, 3.8) is 0 Å². The zero-order valence-electron chi connectivity index (χ0n) is 16.6. The van der Waals surface area contributed by atoms with Crippen LogP contribution in [-0.2, 0) is 9.59 Å². The summed E-state index contributed by atoms with van der Waals surface area (Å²) in [5.74, 6) is -0.908. The summed E-state index contributed by atoms with van der Waals surface area (Å²) < 4.78 is 24.3. The zero-order valence-corrected chi connectivity index (χ0v) is 16.6. The van der Waals surface area contributed by atoms with Gasteiger partial charge in [-0.1, -0.05) is 12.1 Å². The number of hydrogen-bond acceptors (Lipinski definition) is 5. The maximum absolute atomic E-state index is 13.7. The van der Waals surface area contributed by atoms with Crippen LogP contribution in [-0.4, -0.2) is 43.5 Å². The predicted octanol–water partition coefficient (Wildman–Crippen LogP) is 2.68. The molecule has 1 saturated heterocycles. The molecule has 1 fully saturated rings. The van der Waals surface area contributed by atoms with E-state index in [1.54, 1.807) is 25.1 Å². The second kappa shape index (κ2) is 8.64. The van der Waals surface area contributed by atoms with Crippen molar-refractivity contribution in [2.24, 2.45) is 0 Å². The van der Waals surface area contributed by atoms with Crippen molar-refractivity contribution in [1.29, 1.82) is 0 Å². The topological polar surface area (TPSA) is 97.0 Å². The normalized spacial score (nSPS) is 14.7. The van der Waals surface area contributed by atoms with Gasteiger partial charge in [0.1, 0.15) is 29.6 Å². The number of hydrogen-bond donors (Lipinski definition) is 2. The number of benzene rings is 2. The lowest BCUT2D eigenvalue weighted by Crippen LogP contribution is -2.38. The number of carbonyl (C=O) groups excluding carboxylic acids is 3. The van der Waals surface area contributed by atoms with Crippen LogP contribution in [0.2, 0.25) is 0 Å². The number of carbonyl (C=O) groups is 3. The number of halogens is 1. The number of amides is 4. The van der Waals surface area contributed by atoms with Crippen molar-refractivity contribution in [2.45, 2.75) is 6.92 Å². The van der Waals surface area contributed by atoms with Crippen molar-refractivity contribution in [3.05, 3.63) is 59.0 Å².